The lowest BCUT2D eigenvalue weighted by Gasteiger charge is -2.16. The monoisotopic (exact) mass is 431 g/mol. The molecule has 128 valence electrons. The van der Waals surface area contributed by atoms with Crippen LogP contribution in [-0.2, 0) is 6.54 Å². The molecule has 0 aliphatic heterocycles. The molecular formula is C16H26IN5O. The van der Waals surface area contributed by atoms with Crippen molar-refractivity contribution in [2.24, 2.45) is 4.99 Å². The molecule has 2 heterocycles. The van der Waals surface area contributed by atoms with E-state index in [-0.39, 0.29) is 30.0 Å². The maximum atomic E-state index is 5.64. The van der Waals surface area contributed by atoms with Gasteiger partial charge in [-0.2, -0.15) is 5.10 Å². The number of rotatable bonds is 6. The molecule has 0 amide bonds. The molecule has 2 N–H and O–H groups in total. The van der Waals surface area contributed by atoms with Crippen LogP contribution in [0.2, 0.25) is 0 Å². The second-order valence-electron chi connectivity index (χ2n) is 5.36. The molecule has 0 bridgehead atoms. The molecule has 0 radical (unpaired) electrons. The van der Waals surface area contributed by atoms with Gasteiger partial charge in [-0.25, -0.2) is 0 Å². The highest BCUT2D eigenvalue weighted by molar-refractivity contribution is 14.0. The summed E-state index contributed by atoms with van der Waals surface area (Å²) in [6.07, 6.45) is 3.87. The van der Waals surface area contributed by atoms with E-state index >= 15 is 0 Å². The van der Waals surface area contributed by atoms with Crippen molar-refractivity contribution in [1.82, 2.24) is 20.4 Å². The van der Waals surface area contributed by atoms with Gasteiger partial charge < -0.3 is 15.1 Å². The molecule has 0 fully saturated rings. The first-order chi connectivity index (χ1) is 10.6. The van der Waals surface area contributed by atoms with Gasteiger partial charge in [0.05, 0.1) is 25.3 Å². The predicted molar refractivity (Wildman–Crippen MR) is 103 cm³/mol. The van der Waals surface area contributed by atoms with Crippen molar-refractivity contribution in [2.45, 2.75) is 40.3 Å². The molecule has 7 heteroatoms. The highest BCUT2D eigenvalue weighted by Gasteiger charge is 2.11. The van der Waals surface area contributed by atoms with Crippen molar-refractivity contribution < 1.29 is 4.42 Å². The van der Waals surface area contributed by atoms with Crippen LogP contribution in [0.1, 0.15) is 37.0 Å². The predicted octanol–water partition coefficient (Wildman–Crippen LogP) is 3.03. The third-order valence-corrected chi connectivity index (χ3v) is 3.25. The number of hydrogen-bond acceptors (Lipinski definition) is 3. The minimum Gasteiger partial charge on any atom is -0.464 e. The molecule has 0 saturated carbocycles. The summed E-state index contributed by atoms with van der Waals surface area (Å²) < 4.78 is 7.55. The van der Waals surface area contributed by atoms with E-state index < -0.39 is 0 Å². The van der Waals surface area contributed by atoms with Gasteiger partial charge in [0.25, 0.3) is 0 Å². The van der Waals surface area contributed by atoms with E-state index in [1.807, 2.05) is 43.1 Å². The largest absolute Gasteiger partial charge is 0.464 e. The molecule has 0 aliphatic rings. The average Bonchev–Trinajstić information content (AvgIpc) is 3.08. The van der Waals surface area contributed by atoms with E-state index in [4.69, 9.17) is 4.42 Å². The highest BCUT2D eigenvalue weighted by Crippen LogP contribution is 2.15. The number of hydrogen-bond donors (Lipinski definition) is 2. The maximum Gasteiger partial charge on any atom is 0.191 e. The van der Waals surface area contributed by atoms with Gasteiger partial charge in [0, 0.05) is 12.7 Å². The maximum absolute atomic E-state index is 5.64. The van der Waals surface area contributed by atoms with Gasteiger partial charge in [0.2, 0.25) is 0 Å². The highest BCUT2D eigenvalue weighted by atomic mass is 127. The van der Waals surface area contributed by atoms with Crippen LogP contribution in [-0.4, -0.2) is 28.8 Å². The molecule has 0 aliphatic carbocycles. The Hall–Kier alpha value is -1.51. The zero-order chi connectivity index (χ0) is 15.9. The molecular weight excluding hydrogens is 405 g/mol. The Morgan fingerprint density at radius 3 is 2.74 bits per heavy atom. The first-order valence-corrected chi connectivity index (χ1v) is 7.68. The topological polar surface area (TPSA) is 67.4 Å². The Kier molecular flexibility index (Phi) is 8.15. The van der Waals surface area contributed by atoms with Crippen LogP contribution in [0.3, 0.4) is 0 Å². The lowest BCUT2D eigenvalue weighted by molar-refractivity contribution is 0.441. The molecule has 2 rings (SSSR count). The molecule has 2 aromatic rings. The number of aliphatic imine (C=N–C) groups is 1. The number of aryl methyl sites for hydroxylation is 2. The Labute approximate surface area is 154 Å². The minimum absolute atomic E-state index is 0. The van der Waals surface area contributed by atoms with Gasteiger partial charge in [-0.3, -0.25) is 9.67 Å². The summed E-state index contributed by atoms with van der Waals surface area (Å²) in [5.41, 5.74) is 1.16. The van der Waals surface area contributed by atoms with Crippen LogP contribution in [0.25, 0.3) is 0 Å². The molecule has 6 nitrogen and oxygen atoms in total. The Morgan fingerprint density at radius 2 is 2.17 bits per heavy atom. The zero-order valence-corrected chi connectivity index (χ0v) is 16.5. The SMILES string of the molecule is CCNC(=NCCn1cc(C)cn1)NC(C)c1ccc(C)o1.I. The summed E-state index contributed by atoms with van der Waals surface area (Å²) in [6, 6.07) is 4.03. The lowest BCUT2D eigenvalue weighted by atomic mass is 10.2. The number of guanidine groups is 1. The quantitative estimate of drug-likeness (QED) is 0.419. The number of nitrogens with one attached hydrogen (secondary N) is 2. The standard InChI is InChI=1S/C16H25N5O.HI/c1-5-17-16(18-8-9-21-11-12(2)10-19-21)20-14(4)15-7-6-13(3)22-15;/h6-7,10-11,14H,5,8-9H2,1-4H3,(H2,17,18,20);1H. The summed E-state index contributed by atoms with van der Waals surface area (Å²) in [7, 11) is 0. The number of halogens is 1. The second kappa shape index (κ2) is 9.59. The van der Waals surface area contributed by atoms with Crippen LogP contribution in [0.4, 0.5) is 0 Å². The fourth-order valence-electron chi connectivity index (χ4n) is 2.14. The van der Waals surface area contributed by atoms with Gasteiger partial charge in [0.15, 0.2) is 5.96 Å². The van der Waals surface area contributed by atoms with E-state index in [2.05, 4.69) is 34.6 Å². The summed E-state index contributed by atoms with van der Waals surface area (Å²) >= 11 is 0. The number of aromatic nitrogens is 2. The third-order valence-electron chi connectivity index (χ3n) is 3.25. The molecule has 1 atom stereocenters. The van der Waals surface area contributed by atoms with Gasteiger partial charge in [0.1, 0.15) is 11.5 Å². The summed E-state index contributed by atoms with van der Waals surface area (Å²) in [5, 5.41) is 10.9. The van der Waals surface area contributed by atoms with Gasteiger partial charge >= 0.3 is 0 Å². The lowest BCUT2D eigenvalue weighted by Crippen LogP contribution is -2.38. The van der Waals surface area contributed by atoms with E-state index in [1.165, 1.54) is 0 Å². The minimum atomic E-state index is 0. The Morgan fingerprint density at radius 1 is 1.39 bits per heavy atom. The fraction of sp³-hybridized carbons (Fsp3) is 0.500. The van der Waals surface area contributed by atoms with Crippen molar-refractivity contribution >= 4 is 29.9 Å². The molecule has 2 aromatic heterocycles. The second-order valence-corrected chi connectivity index (χ2v) is 5.36. The van der Waals surface area contributed by atoms with Crippen LogP contribution in [0, 0.1) is 13.8 Å². The van der Waals surface area contributed by atoms with E-state index in [0.717, 1.165) is 36.1 Å². The summed E-state index contributed by atoms with van der Waals surface area (Å²) in [5.74, 6) is 2.61. The third kappa shape index (κ3) is 6.25. The fourth-order valence-corrected chi connectivity index (χ4v) is 2.14. The first-order valence-electron chi connectivity index (χ1n) is 7.68. The molecule has 23 heavy (non-hydrogen) atoms. The molecule has 0 aromatic carbocycles. The van der Waals surface area contributed by atoms with Crippen LogP contribution in [0.15, 0.2) is 33.9 Å². The van der Waals surface area contributed by atoms with Crippen molar-refractivity contribution in [2.75, 3.05) is 13.1 Å². The average molecular weight is 431 g/mol. The van der Waals surface area contributed by atoms with Gasteiger partial charge in [-0.1, -0.05) is 0 Å². The van der Waals surface area contributed by atoms with Crippen molar-refractivity contribution in [3.8, 4) is 0 Å². The first kappa shape index (κ1) is 19.5. The summed E-state index contributed by atoms with van der Waals surface area (Å²) in [6.45, 7) is 10.3. The van der Waals surface area contributed by atoms with Crippen LogP contribution in [0.5, 0.6) is 0 Å². The molecule has 1 unspecified atom stereocenters. The van der Waals surface area contributed by atoms with Gasteiger partial charge in [-0.15, -0.1) is 24.0 Å². The Balaban J connectivity index is 0.00000264. The zero-order valence-electron chi connectivity index (χ0n) is 14.2. The Bertz CT molecular complexity index is 620. The number of furan rings is 1. The van der Waals surface area contributed by atoms with Crippen molar-refractivity contribution in [3.05, 3.63) is 41.6 Å². The smallest absolute Gasteiger partial charge is 0.191 e. The van der Waals surface area contributed by atoms with E-state index in [1.54, 1.807) is 0 Å². The van der Waals surface area contributed by atoms with Gasteiger partial charge in [-0.05, 0) is 45.4 Å². The van der Waals surface area contributed by atoms with Crippen LogP contribution >= 0.6 is 24.0 Å². The molecule has 0 saturated heterocycles. The van der Waals surface area contributed by atoms with Crippen molar-refractivity contribution in [3.63, 3.8) is 0 Å². The van der Waals surface area contributed by atoms with Crippen molar-refractivity contribution in [1.29, 1.82) is 0 Å². The molecule has 0 spiro atoms. The normalized spacial score (nSPS) is 12.6. The number of nitrogens with zero attached hydrogens (tertiary/aromatic N) is 3. The van der Waals surface area contributed by atoms with E-state index in [0.29, 0.717) is 6.54 Å². The summed E-state index contributed by atoms with van der Waals surface area (Å²) in [4.78, 5) is 4.58. The van der Waals surface area contributed by atoms with E-state index in [9.17, 15) is 0 Å². The van der Waals surface area contributed by atoms with Crippen LogP contribution < -0.4 is 10.6 Å².